The van der Waals surface area contributed by atoms with Gasteiger partial charge in [0.05, 0.1) is 33.3 Å². The summed E-state index contributed by atoms with van der Waals surface area (Å²) in [5.41, 5.74) is 19.2. The van der Waals surface area contributed by atoms with Crippen molar-refractivity contribution in [1.29, 1.82) is 0 Å². The third-order valence-electron chi connectivity index (χ3n) is 15.0. The SMILES string of the molecule is C=Cc1c(/C=C(\C)Br)c2cc(-c3ccc4c(c3)c3cc(-c5ccc6c(c5)c5cc(Br)ccc5n6-c5ccc6oc7ccccc7c6c5)ccc3n4-c3ccccc3)ccc2n1-c1ccc2oc3ccccc3c2c1. The highest BCUT2D eigenvalue weighted by molar-refractivity contribution is 9.11. The van der Waals surface area contributed by atoms with Crippen LogP contribution < -0.4 is 0 Å². The molecule has 0 bridgehead atoms. The van der Waals surface area contributed by atoms with Gasteiger partial charge in [-0.1, -0.05) is 117 Å². The van der Waals surface area contributed by atoms with Gasteiger partial charge >= 0.3 is 0 Å². The number of rotatable bonds is 7. The number of furan rings is 2. The molecule has 0 saturated carbocycles. The average molecular weight is 1080 g/mol. The molecule has 5 aromatic heterocycles. The summed E-state index contributed by atoms with van der Waals surface area (Å²) in [6, 6.07) is 74.5. The van der Waals surface area contributed by atoms with E-state index in [1.54, 1.807) is 0 Å². The molecule has 15 rings (SSSR count). The molecular formula is C67H41Br2N3O2. The molecule has 0 radical (unpaired) electrons. The lowest BCUT2D eigenvalue weighted by atomic mass is 9.98. The Morgan fingerprint density at radius 1 is 0.392 bits per heavy atom. The van der Waals surface area contributed by atoms with E-state index in [4.69, 9.17) is 8.83 Å². The lowest BCUT2D eigenvalue weighted by Gasteiger charge is -2.10. The van der Waals surface area contributed by atoms with Crippen LogP contribution in [0.15, 0.2) is 231 Å². The van der Waals surface area contributed by atoms with E-state index in [2.05, 4.69) is 247 Å². The minimum atomic E-state index is 0.869. The predicted molar refractivity (Wildman–Crippen MR) is 318 cm³/mol. The number of hydrogen-bond donors (Lipinski definition) is 0. The van der Waals surface area contributed by atoms with Crippen LogP contribution in [0.1, 0.15) is 18.2 Å². The van der Waals surface area contributed by atoms with Crippen molar-refractivity contribution in [2.75, 3.05) is 0 Å². The minimum absolute atomic E-state index is 0.869. The van der Waals surface area contributed by atoms with E-state index in [9.17, 15) is 0 Å². The van der Waals surface area contributed by atoms with E-state index in [0.29, 0.717) is 0 Å². The van der Waals surface area contributed by atoms with E-state index in [1.807, 2.05) is 30.3 Å². The smallest absolute Gasteiger partial charge is 0.135 e. The van der Waals surface area contributed by atoms with Gasteiger partial charge in [-0.15, -0.1) is 0 Å². The van der Waals surface area contributed by atoms with Crippen LogP contribution in [-0.4, -0.2) is 13.7 Å². The summed E-state index contributed by atoms with van der Waals surface area (Å²) in [6.45, 7) is 6.43. The normalized spacial score (nSPS) is 12.4. The van der Waals surface area contributed by atoms with Crippen molar-refractivity contribution < 1.29 is 8.83 Å². The number of allylic oxidation sites excluding steroid dienone is 1. The van der Waals surface area contributed by atoms with Gasteiger partial charge in [-0.2, -0.15) is 0 Å². The standard InChI is InChI=1S/C67H41Br2N3O2/c1-3-58-50(31-39(2)68)51-32-40(19-26-61(51)71(58)46-22-29-66-56(37-46)48-13-7-9-15-64(48)73-66)41-17-24-59-52(33-41)53-34-42(18-25-60(53)70(59)45-11-5-4-6-12-45)43-20-27-62-54(35-43)55-36-44(69)21-28-63(55)72(62)47-23-30-67-57(38-47)49-14-8-10-16-65(49)74-67/h3-38H,1H2,2H3/b39-31+. The second-order valence-corrected chi connectivity index (χ2v) is 21.4. The van der Waals surface area contributed by atoms with Gasteiger partial charge in [-0.3, -0.25) is 0 Å². The molecule has 0 N–H and O–H groups in total. The van der Waals surface area contributed by atoms with E-state index in [0.717, 1.165) is 136 Å². The summed E-state index contributed by atoms with van der Waals surface area (Å²) in [5.74, 6) is 0. The summed E-state index contributed by atoms with van der Waals surface area (Å²) in [7, 11) is 0. The Labute approximate surface area is 441 Å². The molecule has 0 aliphatic rings. The monoisotopic (exact) mass is 1080 g/mol. The van der Waals surface area contributed by atoms with Crippen molar-refractivity contribution in [3.05, 3.63) is 233 Å². The molecule has 15 aromatic rings. The highest BCUT2D eigenvalue weighted by Gasteiger charge is 2.21. The molecule has 350 valence electrons. The first-order valence-corrected chi connectivity index (χ1v) is 26.3. The van der Waals surface area contributed by atoms with Crippen molar-refractivity contribution in [2.24, 2.45) is 0 Å². The van der Waals surface area contributed by atoms with Crippen LogP contribution >= 0.6 is 31.9 Å². The molecule has 0 fully saturated rings. The number of fused-ring (bicyclic) bond motifs is 13. The van der Waals surface area contributed by atoms with Crippen LogP contribution in [0, 0.1) is 0 Å². The first kappa shape index (κ1) is 43.0. The molecule has 5 nitrogen and oxygen atoms in total. The van der Waals surface area contributed by atoms with Gasteiger partial charge in [0.25, 0.3) is 0 Å². The minimum Gasteiger partial charge on any atom is -0.456 e. The molecule has 0 aliphatic carbocycles. The van der Waals surface area contributed by atoms with Gasteiger partial charge in [-0.05, 0) is 173 Å². The molecule has 10 aromatic carbocycles. The average Bonchev–Trinajstić information content (AvgIpc) is 4.27. The highest BCUT2D eigenvalue weighted by Crippen LogP contribution is 2.43. The Morgan fingerprint density at radius 3 is 1.32 bits per heavy atom. The van der Waals surface area contributed by atoms with Crippen LogP contribution in [0.4, 0.5) is 0 Å². The number of nitrogens with zero attached hydrogens (tertiary/aromatic N) is 3. The molecule has 0 spiro atoms. The van der Waals surface area contributed by atoms with E-state index >= 15 is 0 Å². The van der Waals surface area contributed by atoms with Crippen molar-refractivity contribution in [3.63, 3.8) is 0 Å². The van der Waals surface area contributed by atoms with Gasteiger partial charge in [-0.25, -0.2) is 0 Å². The number of para-hydroxylation sites is 3. The lowest BCUT2D eigenvalue weighted by Crippen LogP contribution is -1.96. The van der Waals surface area contributed by atoms with Gasteiger partial charge in [0.2, 0.25) is 0 Å². The van der Waals surface area contributed by atoms with Crippen LogP contribution in [0.3, 0.4) is 0 Å². The van der Waals surface area contributed by atoms with Crippen LogP contribution in [0.25, 0.3) is 150 Å². The number of aromatic nitrogens is 3. The van der Waals surface area contributed by atoms with Crippen LogP contribution in [0.5, 0.6) is 0 Å². The fourth-order valence-corrected chi connectivity index (χ4v) is 12.3. The third-order valence-corrected chi connectivity index (χ3v) is 15.7. The zero-order valence-corrected chi connectivity index (χ0v) is 43.1. The third kappa shape index (κ3) is 6.53. The fourth-order valence-electron chi connectivity index (χ4n) is 11.7. The summed E-state index contributed by atoms with van der Waals surface area (Å²) in [6.07, 6.45) is 4.18. The summed E-state index contributed by atoms with van der Waals surface area (Å²) in [5, 5.41) is 10.3. The zero-order chi connectivity index (χ0) is 49.3. The zero-order valence-electron chi connectivity index (χ0n) is 39.9. The lowest BCUT2D eigenvalue weighted by molar-refractivity contribution is 0.668. The molecule has 74 heavy (non-hydrogen) atoms. The molecule has 0 atom stereocenters. The van der Waals surface area contributed by atoms with E-state index < -0.39 is 0 Å². The predicted octanol–water partition coefficient (Wildman–Crippen LogP) is 20.1. The molecule has 7 heteroatoms. The van der Waals surface area contributed by atoms with Crippen molar-refractivity contribution in [1.82, 2.24) is 13.7 Å². The Bertz CT molecular complexity index is 4900. The quantitative estimate of drug-likeness (QED) is 0.160. The second-order valence-electron chi connectivity index (χ2n) is 19.2. The Morgan fingerprint density at radius 2 is 0.811 bits per heavy atom. The maximum atomic E-state index is 6.24. The first-order valence-electron chi connectivity index (χ1n) is 24.7. The fraction of sp³-hybridized carbons (Fsp3) is 0.0149. The van der Waals surface area contributed by atoms with Gasteiger partial charge in [0, 0.05) is 75.6 Å². The van der Waals surface area contributed by atoms with E-state index in [-0.39, 0.29) is 0 Å². The van der Waals surface area contributed by atoms with E-state index in [1.165, 1.54) is 21.5 Å². The molecular weight excluding hydrogens is 1040 g/mol. The molecule has 0 saturated heterocycles. The number of halogens is 2. The van der Waals surface area contributed by atoms with Gasteiger partial charge in [0.1, 0.15) is 22.3 Å². The summed E-state index contributed by atoms with van der Waals surface area (Å²) in [4.78, 5) is 0. The van der Waals surface area contributed by atoms with Gasteiger partial charge < -0.3 is 22.5 Å². The molecule has 0 unspecified atom stereocenters. The maximum Gasteiger partial charge on any atom is 0.135 e. The maximum absolute atomic E-state index is 6.24. The molecule has 0 amide bonds. The number of hydrogen-bond acceptors (Lipinski definition) is 2. The summed E-state index contributed by atoms with van der Waals surface area (Å²) >= 11 is 7.60. The first-order chi connectivity index (χ1) is 36.3. The van der Waals surface area contributed by atoms with Crippen molar-refractivity contribution >= 4 is 142 Å². The Kier molecular flexibility index (Phi) is 9.56. The topological polar surface area (TPSA) is 41.1 Å². The number of benzene rings is 10. The Balaban J connectivity index is 0.894. The summed E-state index contributed by atoms with van der Waals surface area (Å²) < 4.78 is 21.7. The molecule has 0 aliphatic heterocycles. The molecule has 5 heterocycles. The van der Waals surface area contributed by atoms with Crippen molar-refractivity contribution in [2.45, 2.75) is 6.92 Å². The Hall–Kier alpha value is -8.62. The highest BCUT2D eigenvalue weighted by atomic mass is 79.9. The second kappa shape index (κ2) is 16.5. The van der Waals surface area contributed by atoms with Crippen molar-refractivity contribution in [3.8, 4) is 39.3 Å². The van der Waals surface area contributed by atoms with Gasteiger partial charge in [0.15, 0.2) is 0 Å². The van der Waals surface area contributed by atoms with Crippen LogP contribution in [0.2, 0.25) is 0 Å². The largest absolute Gasteiger partial charge is 0.456 e. The van der Waals surface area contributed by atoms with Crippen LogP contribution in [-0.2, 0) is 0 Å².